The van der Waals surface area contributed by atoms with Crippen molar-refractivity contribution in [1.82, 2.24) is 0 Å². The fraction of sp³-hybridized carbons (Fsp3) is 0.0769. The van der Waals surface area contributed by atoms with E-state index in [0.29, 0.717) is 3.57 Å². The van der Waals surface area contributed by atoms with Crippen molar-refractivity contribution in [2.75, 3.05) is 4.72 Å². The lowest BCUT2D eigenvalue weighted by Gasteiger charge is -2.11. The van der Waals surface area contributed by atoms with Crippen LogP contribution >= 0.6 is 22.6 Å². The number of anilines is 1. The lowest BCUT2D eigenvalue weighted by atomic mass is 10.2. The molecule has 0 unspecified atom stereocenters. The molecule has 4 nitrogen and oxygen atoms in total. The molecular weight excluding hydrogens is 415 g/mol. The summed E-state index contributed by atoms with van der Waals surface area (Å²) < 4.78 is 53.6. The van der Waals surface area contributed by atoms with E-state index < -0.39 is 33.2 Å². The third kappa shape index (κ3) is 3.69. The number of aliphatic hydroxyl groups is 1. The summed E-state index contributed by atoms with van der Waals surface area (Å²) in [6.07, 6.45) is 0. The molecule has 0 aliphatic carbocycles. The number of rotatable bonds is 4. The van der Waals surface area contributed by atoms with E-state index in [9.17, 15) is 17.2 Å². The molecule has 2 aromatic rings. The van der Waals surface area contributed by atoms with Gasteiger partial charge in [0.2, 0.25) is 0 Å². The van der Waals surface area contributed by atoms with Crippen molar-refractivity contribution in [3.05, 3.63) is 57.2 Å². The molecule has 0 radical (unpaired) electrons. The molecule has 0 aromatic heterocycles. The molecule has 0 saturated carbocycles. The standard InChI is InChI=1S/C13H10F2INO3S/c14-9-2-4-12(11(16)6-9)17-21(19,20)13-5-8(7-18)1-3-10(13)15/h1-6,17-18H,7H2. The highest BCUT2D eigenvalue weighted by atomic mass is 127. The zero-order valence-electron chi connectivity index (χ0n) is 10.5. The highest BCUT2D eigenvalue weighted by molar-refractivity contribution is 14.1. The summed E-state index contributed by atoms with van der Waals surface area (Å²) in [5, 5.41) is 9.00. The first-order valence-electron chi connectivity index (χ1n) is 5.70. The van der Waals surface area contributed by atoms with Crippen molar-refractivity contribution in [3.63, 3.8) is 0 Å². The van der Waals surface area contributed by atoms with E-state index in [-0.39, 0.29) is 11.3 Å². The van der Waals surface area contributed by atoms with E-state index >= 15 is 0 Å². The minimum absolute atomic E-state index is 0.144. The Hall–Kier alpha value is -1.26. The SMILES string of the molecule is O=S(=O)(Nc1ccc(F)cc1I)c1cc(CO)ccc1F. The molecule has 0 aliphatic rings. The van der Waals surface area contributed by atoms with E-state index in [1.165, 1.54) is 12.1 Å². The first kappa shape index (κ1) is 16.1. The molecule has 0 saturated heterocycles. The van der Waals surface area contributed by atoms with Crippen molar-refractivity contribution in [3.8, 4) is 0 Å². The van der Waals surface area contributed by atoms with Crippen LogP contribution in [0.1, 0.15) is 5.56 Å². The fourth-order valence-corrected chi connectivity index (χ4v) is 3.63. The van der Waals surface area contributed by atoms with Crippen molar-refractivity contribution in [2.24, 2.45) is 0 Å². The molecule has 2 N–H and O–H groups in total. The molecule has 0 bridgehead atoms. The Balaban J connectivity index is 2.43. The van der Waals surface area contributed by atoms with E-state index in [2.05, 4.69) is 4.72 Å². The summed E-state index contributed by atoms with van der Waals surface area (Å²) in [5.74, 6) is -1.44. The largest absolute Gasteiger partial charge is 0.392 e. The molecule has 0 atom stereocenters. The summed E-state index contributed by atoms with van der Waals surface area (Å²) in [6.45, 7) is -0.406. The first-order valence-corrected chi connectivity index (χ1v) is 8.27. The molecule has 8 heteroatoms. The van der Waals surface area contributed by atoms with Crippen LogP contribution in [0.25, 0.3) is 0 Å². The Morgan fingerprint density at radius 1 is 1.14 bits per heavy atom. The molecule has 0 fully saturated rings. The maximum Gasteiger partial charge on any atom is 0.264 e. The number of halogens is 3. The molecule has 0 aliphatic heterocycles. The third-order valence-corrected chi connectivity index (χ3v) is 4.92. The van der Waals surface area contributed by atoms with Gasteiger partial charge in [0, 0.05) is 3.57 Å². The van der Waals surface area contributed by atoms with Gasteiger partial charge in [-0.25, -0.2) is 17.2 Å². The van der Waals surface area contributed by atoms with Gasteiger partial charge in [-0.3, -0.25) is 4.72 Å². The molecule has 2 rings (SSSR count). The third-order valence-electron chi connectivity index (χ3n) is 2.64. The maximum atomic E-state index is 13.7. The number of benzene rings is 2. The summed E-state index contributed by atoms with van der Waals surface area (Å²) in [6, 6.07) is 6.81. The first-order chi connectivity index (χ1) is 9.83. The molecule has 112 valence electrons. The highest BCUT2D eigenvalue weighted by Crippen LogP contribution is 2.24. The second-order valence-electron chi connectivity index (χ2n) is 4.15. The van der Waals surface area contributed by atoms with E-state index in [0.717, 1.165) is 24.3 Å². The Kier molecular flexibility index (Phi) is 4.79. The predicted molar refractivity (Wildman–Crippen MR) is 82.2 cm³/mol. The molecule has 0 amide bonds. The van der Waals surface area contributed by atoms with Crippen LogP contribution in [-0.2, 0) is 16.6 Å². The van der Waals surface area contributed by atoms with Gasteiger partial charge in [0.1, 0.15) is 16.5 Å². The number of hydrogen-bond donors (Lipinski definition) is 2. The van der Waals surface area contributed by atoms with Gasteiger partial charge >= 0.3 is 0 Å². The van der Waals surface area contributed by atoms with Gasteiger partial charge in [-0.1, -0.05) is 6.07 Å². The summed E-state index contributed by atoms with van der Waals surface area (Å²) in [5.41, 5.74) is 0.413. The smallest absolute Gasteiger partial charge is 0.264 e. The molecular formula is C13H10F2INO3S. The Morgan fingerprint density at radius 3 is 2.48 bits per heavy atom. The van der Waals surface area contributed by atoms with Gasteiger partial charge < -0.3 is 5.11 Å². The van der Waals surface area contributed by atoms with Gasteiger partial charge in [0.05, 0.1) is 12.3 Å². The Bertz CT molecular complexity index is 781. The van der Waals surface area contributed by atoms with Gasteiger partial charge in [0.25, 0.3) is 10.0 Å². The van der Waals surface area contributed by atoms with Crippen molar-refractivity contribution in [2.45, 2.75) is 11.5 Å². The normalized spacial score (nSPS) is 11.4. The van der Waals surface area contributed by atoms with Crippen LogP contribution in [0.4, 0.5) is 14.5 Å². The highest BCUT2D eigenvalue weighted by Gasteiger charge is 2.20. The summed E-state index contributed by atoms with van der Waals surface area (Å²) >= 11 is 1.77. The minimum Gasteiger partial charge on any atom is -0.392 e. The van der Waals surface area contributed by atoms with Gasteiger partial charge in [-0.05, 0) is 58.5 Å². The Labute approximate surface area is 134 Å². The predicted octanol–water partition coefficient (Wildman–Crippen LogP) is 2.86. The maximum absolute atomic E-state index is 13.7. The van der Waals surface area contributed by atoms with Crippen LogP contribution in [0.2, 0.25) is 0 Å². The average Bonchev–Trinajstić information content (AvgIpc) is 2.42. The van der Waals surface area contributed by atoms with Crippen molar-refractivity contribution < 1.29 is 22.3 Å². The molecule has 21 heavy (non-hydrogen) atoms. The zero-order valence-corrected chi connectivity index (χ0v) is 13.5. The number of hydrogen-bond acceptors (Lipinski definition) is 3. The van der Waals surface area contributed by atoms with E-state index in [1.807, 2.05) is 0 Å². The van der Waals surface area contributed by atoms with Crippen LogP contribution < -0.4 is 4.72 Å². The van der Waals surface area contributed by atoms with Crippen molar-refractivity contribution in [1.29, 1.82) is 0 Å². The minimum atomic E-state index is -4.18. The van der Waals surface area contributed by atoms with Crippen molar-refractivity contribution >= 4 is 38.3 Å². The Morgan fingerprint density at radius 2 is 1.86 bits per heavy atom. The second-order valence-corrected chi connectivity index (χ2v) is 6.97. The zero-order chi connectivity index (χ0) is 15.6. The number of aliphatic hydroxyl groups excluding tert-OH is 1. The molecule has 2 aromatic carbocycles. The van der Waals surface area contributed by atoms with Crippen LogP contribution in [0, 0.1) is 15.2 Å². The number of nitrogens with one attached hydrogen (secondary N) is 1. The monoisotopic (exact) mass is 425 g/mol. The summed E-state index contributed by atoms with van der Waals surface area (Å²) in [7, 11) is -4.18. The van der Waals surface area contributed by atoms with Crippen LogP contribution in [-0.4, -0.2) is 13.5 Å². The number of sulfonamides is 1. The second kappa shape index (κ2) is 6.24. The van der Waals surface area contributed by atoms with E-state index in [4.69, 9.17) is 5.11 Å². The average molecular weight is 425 g/mol. The van der Waals surface area contributed by atoms with Gasteiger partial charge in [-0.15, -0.1) is 0 Å². The lowest BCUT2D eigenvalue weighted by Crippen LogP contribution is -2.16. The van der Waals surface area contributed by atoms with E-state index in [1.54, 1.807) is 22.6 Å². The molecule has 0 heterocycles. The molecule has 0 spiro atoms. The lowest BCUT2D eigenvalue weighted by molar-refractivity contribution is 0.281. The van der Waals surface area contributed by atoms with Crippen LogP contribution in [0.15, 0.2) is 41.3 Å². The van der Waals surface area contributed by atoms with Crippen LogP contribution in [0.3, 0.4) is 0 Å². The summed E-state index contributed by atoms with van der Waals surface area (Å²) in [4.78, 5) is -0.575. The van der Waals surface area contributed by atoms with Gasteiger partial charge in [-0.2, -0.15) is 0 Å². The topological polar surface area (TPSA) is 66.4 Å². The van der Waals surface area contributed by atoms with Crippen LogP contribution in [0.5, 0.6) is 0 Å². The van der Waals surface area contributed by atoms with Gasteiger partial charge in [0.15, 0.2) is 0 Å². The fourth-order valence-electron chi connectivity index (χ4n) is 1.62. The quantitative estimate of drug-likeness (QED) is 0.741.